The van der Waals surface area contributed by atoms with Crippen molar-refractivity contribution in [2.24, 2.45) is 5.84 Å². The molecule has 1 aromatic rings. The van der Waals surface area contributed by atoms with Gasteiger partial charge in [0.1, 0.15) is 0 Å². The Morgan fingerprint density at radius 2 is 2.29 bits per heavy atom. The van der Waals surface area contributed by atoms with E-state index in [4.69, 9.17) is 5.84 Å². The van der Waals surface area contributed by atoms with Gasteiger partial charge in [0.25, 0.3) is 12.3 Å². The van der Waals surface area contributed by atoms with Crippen LogP contribution in [0, 0.1) is 6.92 Å². The molecular formula is C10H14F2N4O. The highest BCUT2D eigenvalue weighted by atomic mass is 19.3. The second kappa shape index (κ2) is 5.53. The lowest BCUT2D eigenvalue weighted by Gasteiger charge is -2.18. The summed E-state index contributed by atoms with van der Waals surface area (Å²) >= 11 is 0. The van der Waals surface area contributed by atoms with Crippen LogP contribution < -0.4 is 11.3 Å². The van der Waals surface area contributed by atoms with Crippen molar-refractivity contribution in [3.8, 4) is 0 Å². The molecule has 0 aliphatic carbocycles. The lowest BCUT2D eigenvalue weighted by molar-refractivity contribution is 0.0620. The highest BCUT2D eigenvalue weighted by molar-refractivity contribution is 5.99. The van der Waals surface area contributed by atoms with E-state index < -0.39 is 18.9 Å². The van der Waals surface area contributed by atoms with Gasteiger partial charge in [0.2, 0.25) is 0 Å². The van der Waals surface area contributed by atoms with Crippen molar-refractivity contribution in [2.45, 2.75) is 13.3 Å². The molecule has 94 valence electrons. The third kappa shape index (κ3) is 3.35. The van der Waals surface area contributed by atoms with Crippen LogP contribution in [0.1, 0.15) is 16.1 Å². The summed E-state index contributed by atoms with van der Waals surface area (Å²) in [5, 5.41) is 0. The molecular weight excluding hydrogens is 230 g/mol. The summed E-state index contributed by atoms with van der Waals surface area (Å²) in [5.74, 6) is 4.71. The molecule has 0 radical (unpaired) electrons. The van der Waals surface area contributed by atoms with Crippen LogP contribution in [-0.2, 0) is 0 Å². The van der Waals surface area contributed by atoms with E-state index >= 15 is 0 Å². The number of amides is 1. The molecule has 1 heterocycles. The maximum Gasteiger partial charge on any atom is 0.257 e. The minimum Gasteiger partial charge on any atom is -0.336 e. The lowest BCUT2D eigenvalue weighted by Crippen LogP contribution is -2.32. The molecule has 7 heteroatoms. The number of hydrazine groups is 1. The Labute approximate surface area is 97.6 Å². The summed E-state index contributed by atoms with van der Waals surface area (Å²) in [6.45, 7) is 1.11. The second-order valence-electron chi connectivity index (χ2n) is 3.59. The van der Waals surface area contributed by atoms with E-state index in [2.05, 4.69) is 10.4 Å². The Bertz CT molecular complexity index is 411. The van der Waals surface area contributed by atoms with Crippen LogP contribution in [-0.4, -0.2) is 35.8 Å². The highest BCUT2D eigenvalue weighted by Crippen LogP contribution is 2.16. The second-order valence-corrected chi connectivity index (χ2v) is 3.59. The van der Waals surface area contributed by atoms with Crippen LogP contribution >= 0.6 is 0 Å². The average molecular weight is 244 g/mol. The largest absolute Gasteiger partial charge is 0.336 e. The molecule has 1 rings (SSSR count). The quantitative estimate of drug-likeness (QED) is 0.612. The first-order chi connectivity index (χ1) is 7.95. The van der Waals surface area contributed by atoms with Crippen molar-refractivity contribution < 1.29 is 13.6 Å². The molecule has 5 nitrogen and oxygen atoms in total. The molecule has 0 aromatic carbocycles. The fourth-order valence-electron chi connectivity index (χ4n) is 1.35. The van der Waals surface area contributed by atoms with Gasteiger partial charge < -0.3 is 10.3 Å². The normalized spacial score (nSPS) is 10.5. The molecule has 0 unspecified atom stereocenters. The van der Waals surface area contributed by atoms with Crippen molar-refractivity contribution in [3.05, 3.63) is 23.5 Å². The number of anilines is 1. The number of halogens is 2. The predicted molar refractivity (Wildman–Crippen MR) is 59.7 cm³/mol. The van der Waals surface area contributed by atoms with Crippen molar-refractivity contribution in [1.82, 2.24) is 9.88 Å². The molecule has 0 aliphatic heterocycles. The smallest absolute Gasteiger partial charge is 0.257 e. The van der Waals surface area contributed by atoms with E-state index in [0.29, 0.717) is 11.4 Å². The van der Waals surface area contributed by atoms with Gasteiger partial charge in [-0.05, 0) is 13.0 Å². The van der Waals surface area contributed by atoms with Gasteiger partial charge in [-0.3, -0.25) is 15.6 Å². The number of carbonyl (C=O) groups excluding carboxylic acids is 1. The van der Waals surface area contributed by atoms with Crippen LogP contribution in [0.2, 0.25) is 0 Å². The van der Waals surface area contributed by atoms with Crippen LogP contribution in [0.5, 0.6) is 0 Å². The van der Waals surface area contributed by atoms with E-state index in [1.165, 1.54) is 13.2 Å². The third-order valence-electron chi connectivity index (χ3n) is 2.19. The van der Waals surface area contributed by atoms with Crippen LogP contribution in [0.15, 0.2) is 12.3 Å². The van der Waals surface area contributed by atoms with Gasteiger partial charge in [-0.25, -0.2) is 8.78 Å². The minimum atomic E-state index is -2.57. The predicted octanol–water partition coefficient (Wildman–Crippen LogP) is 1.01. The zero-order valence-corrected chi connectivity index (χ0v) is 9.58. The molecule has 3 N–H and O–H groups in total. The molecule has 0 atom stereocenters. The Morgan fingerprint density at radius 3 is 2.82 bits per heavy atom. The molecule has 0 saturated heterocycles. The Balaban J connectivity index is 2.95. The van der Waals surface area contributed by atoms with Gasteiger partial charge in [-0.1, -0.05) is 0 Å². The van der Waals surface area contributed by atoms with Crippen molar-refractivity contribution in [3.63, 3.8) is 0 Å². The standard InChI is InChI=1S/C10H14F2N4O/c1-6-3-8(15-13)7(4-14-6)10(17)16(2)5-9(11)12/h3-4,9H,5,13H2,1-2H3,(H,14,15). The molecule has 0 saturated carbocycles. The number of nitrogens with one attached hydrogen (secondary N) is 1. The van der Waals surface area contributed by atoms with Crippen LogP contribution in [0.25, 0.3) is 0 Å². The Kier molecular flexibility index (Phi) is 4.33. The highest BCUT2D eigenvalue weighted by Gasteiger charge is 2.19. The molecule has 1 aromatic heterocycles. The molecule has 1 amide bonds. The summed E-state index contributed by atoms with van der Waals surface area (Å²) in [4.78, 5) is 16.7. The van der Waals surface area contributed by atoms with Gasteiger partial charge >= 0.3 is 0 Å². The van der Waals surface area contributed by atoms with Crippen molar-refractivity contribution in [1.29, 1.82) is 0 Å². The van der Waals surface area contributed by atoms with E-state index in [1.807, 2.05) is 0 Å². The third-order valence-corrected chi connectivity index (χ3v) is 2.19. The topological polar surface area (TPSA) is 71.2 Å². The molecule has 0 spiro atoms. The van der Waals surface area contributed by atoms with Gasteiger partial charge in [-0.15, -0.1) is 0 Å². The van der Waals surface area contributed by atoms with Crippen molar-refractivity contribution in [2.75, 3.05) is 19.0 Å². The number of carbonyl (C=O) groups is 1. The van der Waals surface area contributed by atoms with E-state index in [0.717, 1.165) is 4.90 Å². The first-order valence-corrected chi connectivity index (χ1v) is 4.92. The van der Waals surface area contributed by atoms with Crippen LogP contribution in [0.3, 0.4) is 0 Å². The molecule has 0 aliphatic rings. The zero-order valence-electron chi connectivity index (χ0n) is 9.58. The number of hydrogen-bond donors (Lipinski definition) is 2. The van der Waals surface area contributed by atoms with Gasteiger partial charge in [0.05, 0.1) is 17.8 Å². The maximum absolute atomic E-state index is 12.2. The van der Waals surface area contributed by atoms with Gasteiger partial charge in [-0.2, -0.15) is 0 Å². The summed E-state index contributed by atoms with van der Waals surface area (Å²) in [6.07, 6.45) is -1.26. The first-order valence-electron chi connectivity index (χ1n) is 4.92. The summed E-state index contributed by atoms with van der Waals surface area (Å²) in [7, 11) is 1.30. The number of aromatic nitrogens is 1. The monoisotopic (exact) mass is 244 g/mol. The fourth-order valence-corrected chi connectivity index (χ4v) is 1.35. The van der Waals surface area contributed by atoms with E-state index in [9.17, 15) is 13.6 Å². The SMILES string of the molecule is Cc1cc(NN)c(C(=O)N(C)CC(F)F)cn1. The number of nitrogens with two attached hydrogens (primary N) is 1. The van der Waals surface area contributed by atoms with Gasteiger partial charge in [0.15, 0.2) is 0 Å². The zero-order chi connectivity index (χ0) is 13.0. The summed E-state index contributed by atoms with van der Waals surface area (Å²) < 4.78 is 24.3. The molecule has 0 bridgehead atoms. The number of rotatable bonds is 4. The number of alkyl halides is 2. The van der Waals surface area contributed by atoms with E-state index in [1.54, 1.807) is 13.0 Å². The number of nitrogen functional groups attached to an aromatic ring is 1. The average Bonchev–Trinajstić information content (AvgIpc) is 2.27. The number of nitrogens with zero attached hydrogens (tertiary/aromatic N) is 2. The lowest BCUT2D eigenvalue weighted by atomic mass is 10.2. The van der Waals surface area contributed by atoms with Gasteiger partial charge in [0, 0.05) is 18.9 Å². The van der Waals surface area contributed by atoms with E-state index in [-0.39, 0.29) is 5.56 Å². The number of hydrogen-bond acceptors (Lipinski definition) is 4. The fraction of sp³-hybridized carbons (Fsp3) is 0.400. The van der Waals surface area contributed by atoms with Crippen molar-refractivity contribution >= 4 is 11.6 Å². The Morgan fingerprint density at radius 1 is 1.65 bits per heavy atom. The van der Waals surface area contributed by atoms with Crippen LogP contribution in [0.4, 0.5) is 14.5 Å². The summed E-state index contributed by atoms with van der Waals surface area (Å²) in [6, 6.07) is 1.57. The molecule has 17 heavy (non-hydrogen) atoms. The maximum atomic E-state index is 12.2. The summed E-state index contributed by atoms with van der Waals surface area (Å²) in [5.41, 5.74) is 3.56. The number of aryl methyl sites for hydroxylation is 1. The first kappa shape index (κ1) is 13.3. The Hall–Kier alpha value is -1.76. The molecule has 0 fully saturated rings. The minimum absolute atomic E-state index is 0.168. The number of pyridine rings is 1.